The van der Waals surface area contributed by atoms with Crippen LogP contribution in [0.15, 0.2) is 16.6 Å². The number of nitrogens with zero attached hydrogens (tertiary/aromatic N) is 2. The zero-order chi connectivity index (χ0) is 12.5. The Morgan fingerprint density at radius 1 is 1.59 bits per heavy atom. The third-order valence-corrected chi connectivity index (χ3v) is 4.37. The van der Waals surface area contributed by atoms with E-state index in [9.17, 15) is 5.11 Å². The first-order valence-corrected chi connectivity index (χ1v) is 6.97. The first-order chi connectivity index (χ1) is 8.06. The lowest BCUT2D eigenvalue weighted by atomic mass is 9.87. The van der Waals surface area contributed by atoms with Gasteiger partial charge in [0, 0.05) is 13.0 Å². The summed E-state index contributed by atoms with van der Waals surface area (Å²) in [6.45, 7) is 4.89. The maximum atomic E-state index is 10.5. The van der Waals surface area contributed by atoms with Crippen LogP contribution in [0, 0.1) is 6.92 Å². The first kappa shape index (κ1) is 12.8. The van der Waals surface area contributed by atoms with Crippen LogP contribution in [0.1, 0.15) is 37.6 Å². The molecular weight excluding hydrogens is 280 g/mol. The predicted molar refractivity (Wildman–Crippen MR) is 72.0 cm³/mol. The summed E-state index contributed by atoms with van der Waals surface area (Å²) in [5, 5.41) is 15.0. The summed E-state index contributed by atoms with van der Waals surface area (Å²) in [6, 6.07) is 0. The van der Waals surface area contributed by atoms with Crippen molar-refractivity contribution in [3.8, 4) is 0 Å². The van der Waals surface area contributed by atoms with E-state index in [1.54, 1.807) is 0 Å². The minimum Gasteiger partial charge on any atom is -0.385 e. The Labute approximate surface area is 111 Å². The van der Waals surface area contributed by atoms with Crippen molar-refractivity contribution in [2.45, 2.75) is 51.7 Å². The quantitative estimate of drug-likeness (QED) is 0.871. The Balaban J connectivity index is 2.28. The number of aryl methyl sites for hydroxylation is 2. The van der Waals surface area contributed by atoms with Gasteiger partial charge in [-0.1, -0.05) is 12.2 Å². The summed E-state index contributed by atoms with van der Waals surface area (Å²) in [5.74, 6) is 0. The van der Waals surface area contributed by atoms with Crippen molar-refractivity contribution in [2.75, 3.05) is 0 Å². The van der Waals surface area contributed by atoms with E-state index < -0.39 is 5.60 Å². The third-order valence-electron chi connectivity index (χ3n) is 3.33. The molecule has 1 N–H and O–H groups in total. The Morgan fingerprint density at radius 3 is 2.94 bits per heavy atom. The molecule has 0 aliphatic heterocycles. The fourth-order valence-corrected chi connectivity index (χ4v) is 2.81. The molecule has 0 fully saturated rings. The Hall–Kier alpha value is -0.610. The molecule has 4 heteroatoms. The SMILES string of the molecule is CCn1nc(C)c(Br)c1CC1(O)C=CCCC1. The van der Waals surface area contributed by atoms with Gasteiger partial charge in [0.1, 0.15) is 0 Å². The van der Waals surface area contributed by atoms with E-state index in [-0.39, 0.29) is 0 Å². The molecular formula is C13H19BrN2O. The molecule has 2 rings (SSSR count). The van der Waals surface area contributed by atoms with Crippen molar-refractivity contribution < 1.29 is 5.11 Å². The molecule has 1 unspecified atom stereocenters. The largest absolute Gasteiger partial charge is 0.385 e. The van der Waals surface area contributed by atoms with Crippen molar-refractivity contribution in [1.82, 2.24) is 9.78 Å². The number of aromatic nitrogens is 2. The van der Waals surface area contributed by atoms with Crippen molar-refractivity contribution in [3.63, 3.8) is 0 Å². The summed E-state index contributed by atoms with van der Waals surface area (Å²) < 4.78 is 3.01. The molecule has 0 radical (unpaired) electrons. The summed E-state index contributed by atoms with van der Waals surface area (Å²) >= 11 is 3.57. The van der Waals surface area contributed by atoms with Crippen molar-refractivity contribution >= 4 is 15.9 Å². The van der Waals surface area contributed by atoms with E-state index in [4.69, 9.17) is 0 Å². The van der Waals surface area contributed by atoms with Crippen LogP contribution in [0.4, 0.5) is 0 Å². The van der Waals surface area contributed by atoms with E-state index in [2.05, 4.69) is 34.0 Å². The lowest BCUT2D eigenvalue weighted by Crippen LogP contribution is -2.31. The highest BCUT2D eigenvalue weighted by Crippen LogP contribution is 2.30. The Morgan fingerprint density at radius 2 is 2.35 bits per heavy atom. The standard InChI is InChI=1S/C13H19BrN2O/c1-3-16-11(12(14)10(2)15-16)9-13(17)7-5-4-6-8-13/h5,7,17H,3-4,6,8-9H2,1-2H3. The smallest absolute Gasteiger partial charge is 0.0883 e. The Kier molecular flexibility index (Phi) is 3.73. The molecule has 3 nitrogen and oxygen atoms in total. The van der Waals surface area contributed by atoms with E-state index in [0.29, 0.717) is 6.42 Å². The van der Waals surface area contributed by atoms with Gasteiger partial charge in [-0.05, 0) is 49.0 Å². The van der Waals surface area contributed by atoms with Gasteiger partial charge in [0.15, 0.2) is 0 Å². The summed E-state index contributed by atoms with van der Waals surface area (Å²) in [7, 11) is 0. The van der Waals surface area contributed by atoms with Crippen molar-refractivity contribution in [2.24, 2.45) is 0 Å². The molecule has 1 aromatic rings. The minimum absolute atomic E-state index is 0.638. The van der Waals surface area contributed by atoms with E-state index >= 15 is 0 Å². The Bertz CT molecular complexity index is 439. The van der Waals surface area contributed by atoms with E-state index in [0.717, 1.165) is 41.7 Å². The molecule has 1 aromatic heterocycles. The lowest BCUT2D eigenvalue weighted by molar-refractivity contribution is 0.0727. The van der Waals surface area contributed by atoms with Gasteiger partial charge in [0.25, 0.3) is 0 Å². The van der Waals surface area contributed by atoms with E-state index in [1.807, 2.05) is 17.7 Å². The first-order valence-electron chi connectivity index (χ1n) is 6.17. The zero-order valence-corrected chi connectivity index (χ0v) is 12.0. The van der Waals surface area contributed by atoms with Crippen LogP contribution in [0.25, 0.3) is 0 Å². The molecule has 1 aliphatic rings. The van der Waals surface area contributed by atoms with Gasteiger partial charge in [-0.25, -0.2) is 0 Å². The maximum Gasteiger partial charge on any atom is 0.0883 e. The van der Waals surface area contributed by atoms with E-state index in [1.165, 1.54) is 0 Å². The molecule has 17 heavy (non-hydrogen) atoms. The molecule has 1 aliphatic carbocycles. The molecule has 0 aromatic carbocycles. The van der Waals surface area contributed by atoms with Crippen LogP contribution in [-0.4, -0.2) is 20.5 Å². The molecule has 0 bridgehead atoms. The normalized spacial score (nSPS) is 24.2. The minimum atomic E-state index is -0.694. The monoisotopic (exact) mass is 298 g/mol. The van der Waals surface area contributed by atoms with Crippen LogP contribution in [0.2, 0.25) is 0 Å². The molecule has 1 atom stereocenters. The number of halogens is 1. The number of rotatable bonds is 3. The predicted octanol–water partition coefficient (Wildman–Crippen LogP) is 2.99. The molecule has 0 saturated carbocycles. The summed E-state index contributed by atoms with van der Waals surface area (Å²) in [6.07, 6.45) is 7.64. The molecule has 0 spiro atoms. The topological polar surface area (TPSA) is 38.0 Å². The van der Waals surface area contributed by atoms with Crippen LogP contribution in [0.5, 0.6) is 0 Å². The average molecular weight is 299 g/mol. The van der Waals surface area contributed by atoms with Gasteiger partial charge in [-0.15, -0.1) is 0 Å². The highest BCUT2D eigenvalue weighted by atomic mass is 79.9. The second-order valence-electron chi connectivity index (χ2n) is 4.74. The highest BCUT2D eigenvalue weighted by molar-refractivity contribution is 9.10. The number of hydrogen-bond donors (Lipinski definition) is 1. The highest BCUT2D eigenvalue weighted by Gasteiger charge is 2.28. The number of aliphatic hydroxyl groups is 1. The van der Waals surface area contributed by atoms with Gasteiger partial charge >= 0.3 is 0 Å². The molecule has 0 amide bonds. The molecule has 1 heterocycles. The number of hydrogen-bond acceptors (Lipinski definition) is 2. The summed E-state index contributed by atoms with van der Waals surface area (Å²) in [5.41, 5.74) is 1.39. The van der Waals surface area contributed by atoms with Crippen LogP contribution >= 0.6 is 15.9 Å². The molecule has 94 valence electrons. The fourth-order valence-electron chi connectivity index (χ4n) is 2.39. The van der Waals surface area contributed by atoms with Crippen molar-refractivity contribution in [1.29, 1.82) is 0 Å². The average Bonchev–Trinajstić information content (AvgIpc) is 2.57. The second kappa shape index (κ2) is 4.94. The number of allylic oxidation sites excluding steroid dienone is 1. The van der Waals surface area contributed by atoms with Gasteiger partial charge in [-0.3, -0.25) is 4.68 Å². The maximum absolute atomic E-state index is 10.5. The van der Waals surface area contributed by atoms with Gasteiger partial charge in [-0.2, -0.15) is 5.10 Å². The third kappa shape index (κ3) is 2.63. The molecule has 0 saturated heterocycles. The van der Waals surface area contributed by atoms with Crippen LogP contribution in [-0.2, 0) is 13.0 Å². The fraction of sp³-hybridized carbons (Fsp3) is 0.615. The van der Waals surface area contributed by atoms with Crippen LogP contribution < -0.4 is 0 Å². The van der Waals surface area contributed by atoms with Gasteiger partial charge in [0.05, 0.1) is 21.5 Å². The van der Waals surface area contributed by atoms with Crippen molar-refractivity contribution in [3.05, 3.63) is 28.0 Å². The zero-order valence-electron chi connectivity index (χ0n) is 10.4. The summed E-state index contributed by atoms with van der Waals surface area (Å²) in [4.78, 5) is 0. The second-order valence-corrected chi connectivity index (χ2v) is 5.53. The van der Waals surface area contributed by atoms with Crippen LogP contribution in [0.3, 0.4) is 0 Å². The van der Waals surface area contributed by atoms with Gasteiger partial charge < -0.3 is 5.11 Å². The van der Waals surface area contributed by atoms with Gasteiger partial charge in [0.2, 0.25) is 0 Å². The lowest BCUT2D eigenvalue weighted by Gasteiger charge is -2.27.